The molecule has 0 aliphatic carbocycles. The van der Waals surface area contributed by atoms with Crippen molar-refractivity contribution in [2.75, 3.05) is 6.61 Å². The monoisotopic (exact) mass is 301 g/mol. The molecule has 1 N–H and O–H groups in total. The lowest BCUT2D eigenvalue weighted by Gasteiger charge is -2.07. The van der Waals surface area contributed by atoms with Gasteiger partial charge in [0.2, 0.25) is 0 Å². The molecule has 2 aromatic carbocycles. The third-order valence-electron chi connectivity index (χ3n) is 2.99. The summed E-state index contributed by atoms with van der Waals surface area (Å²) in [7, 11) is 0. The number of carbonyl (C=O) groups excluding carboxylic acids is 2. The summed E-state index contributed by atoms with van der Waals surface area (Å²) in [4.78, 5) is 23.3. The number of benzene rings is 2. The van der Waals surface area contributed by atoms with Gasteiger partial charge in [0, 0.05) is 6.54 Å². The van der Waals surface area contributed by atoms with Crippen LogP contribution < -0.4 is 5.32 Å². The minimum atomic E-state index is -0.661. The summed E-state index contributed by atoms with van der Waals surface area (Å²) >= 11 is 0. The normalized spacial score (nSPS) is 10.1. The molecule has 0 aromatic heterocycles. The number of esters is 1. The van der Waals surface area contributed by atoms with Crippen molar-refractivity contribution < 1.29 is 18.7 Å². The second-order valence-corrected chi connectivity index (χ2v) is 4.85. The standard InChI is InChI=1S/C17H16FNO3/c1-12-3-2-4-13(9-12)10-19-16(20)11-22-17(21)14-5-7-15(18)8-6-14/h2-9H,10-11H2,1H3,(H,19,20). The molecular weight excluding hydrogens is 285 g/mol. The molecule has 4 nitrogen and oxygen atoms in total. The highest BCUT2D eigenvalue weighted by molar-refractivity contribution is 5.91. The fourth-order valence-corrected chi connectivity index (χ4v) is 1.87. The topological polar surface area (TPSA) is 55.4 Å². The van der Waals surface area contributed by atoms with E-state index < -0.39 is 17.7 Å². The molecule has 0 unspecified atom stereocenters. The SMILES string of the molecule is Cc1cccc(CNC(=O)COC(=O)c2ccc(F)cc2)c1. The maximum Gasteiger partial charge on any atom is 0.338 e. The van der Waals surface area contributed by atoms with Gasteiger partial charge in [0.25, 0.3) is 5.91 Å². The summed E-state index contributed by atoms with van der Waals surface area (Å²) < 4.78 is 17.6. The number of ether oxygens (including phenoxy) is 1. The summed E-state index contributed by atoms with van der Waals surface area (Å²) in [6.07, 6.45) is 0. The number of halogens is 1. The van der Waals surface area contributed by atoms with E-state index in [4.69, 9.17) is 4.74 Å². The molecule has 0 aliphatic heterocycles. The first-order chi connectivity index (χ1) is 10.5. The van der Waals surface area contributed by atoms with Crippen LogP contribution in [-0.2, 0) is 16.1 Å². The highest BCUT2D eigenvalue weighted by atomic mass is 19.1. The van der Waals surface area contributed by atoms with E-state index in [-0.39, 0.29) is 12.2 Å². The van der Waals surface area contributed by atoms with Crippen molar-refractivity contribution in [1.29, 1.82) is 0 Å². The molecular formula is C17H16FNO3. The van der Waals surface area contributed by atoms with Crippen molar-refractivity contribution in [2.24, 2.45) is 0 Å². The van der Waals surface area contributed by atoms with Gasteiger partial charge in [0.05, 0.1) is 5.56 Å². The van der Waals surface area contributed by atoms with E-state index in [0.29, 0.717) is 6.54 Å². The van der Waals surface area contributed by atoms with Gasteiger partial charge in [-0.3, -0.25) is 4.79 Å². The minimum Gasteiger partial charge on any atom is -0.452 e. The van der Waals surface area contributed by atoms with Gasteiger partial charge in [-0.2, -0.15) is 0 Å². The van der Waals surface area contributed by atoms with Gasteiger partial charge >= 0.3 is 5.97 Å². The number of amides is 1. The minimum absolute atomic E-state index is 0.202. The Hall–Kier alpha value is -2.69. The van der Waals surface area contributed by atoms with Gasteiger partial charge < -0.3 is 10.1 Å². The third kappa shape index (κ3) is 4.70. The second-order valence-electron chi connectivity index (χ2n) is 4.85. The number of hydrogen-bond acceptors (Lipinski definition) is 3. The Morgan fingerprint density at radius 1 is 1.14 bits per heavy atom. The van der Waals surface area contributed by atoms with E-state index in [1.54, 1.807) is 0 Å². The number of aryl methyl sites for hydroxylation is 1. The van der Waals surface area contributed by atoms with Gasteiger partial charge in [-0.15, -0.1) is 0 Å². The molecule has 0 aliphatic rings. The van der Waals surface area contributed by atoms with Crippen LogP contribution in [0.1, 0.15) is 21.5 Å². The van der Waals surface area contributed by atoms with Gasteiger partial charge in [0.15, 0.2) is 6.61 Å². The van der Waals surface area contributed by atoms with Crippen molar-refractivity contribution in [3.8, 4) is 0 Å². The predicted octanol–water partition coefficient (Wildman–Crippen LogP) is 2.61. The molecule has 0 bridgehead atoms. The Morgan fingerprint density at radius 3 is 2.55 bits per heavy atom. The average molecular weight is 301 g/mol. The summed E-state index contributed by atoms with van der Waals surface area (Å²) in [5.74, 6) is -1.49. The van der Waals surface area contributed by atoms with Crippen LogP contribution in [0, 0.1) is 12.7 Å². The first-order valence-corrected chi connectivity index (χ1v) is 6.79. The zero-order valence-electron chi connectivity index (χ0n) is 12.1. The molecule has 5 heteroatoms. The Balaban J connectivity index is 1.78. The highest BCUT2D eigenvalue weighted by Crippen LogP contribution is 2.05. The molecule has 2 aromatic rings. The Labute approximate surface area is 127 Å². The van der Waals surface area contributed by atoms with Crippen molar-refractivity contribution in [3.05, 3.63) is 71.0 Å². The molecule has 114 valence electrons. The van der Waals surface area contributed by atoms with Gasteiger partial charge in [-0.25, -0.2) is 9.18 Å². The molecule has 0 saturated heterocycles. The van der Waals surface area contributed by atoms with Crippen molar-refractivity contribution in [3.63, 3.8) is 0 Å². The third-order valence-corrected chi connectivity index (χ3v) is 2.99. The molecule has 22 heavy (non-hydrogen) atoms. The predicted molar refractivity (Wildman–Crippen MR) is 79.7 cm³/mol. The maximum absolute atomic E-state index is 12.7. The van der Waals surface area contributed by atoms with Crippen LogP contribution in [-0.4, -0.2) is 18.5 Å². The van der Waals surface area contributed by atoms with Crippen LogP contribution in [0.15, 0.2) is 48.5 Å². The Kier molecular flexibility index (Phi) is 5.25. The van der Waals surface area contributed by atoms with Crippen LogP contribution in [0.5, 0.6) is 0 Å². The quantitative estimate of drug-likeness (QED) is 0.864. The summed E-state index contributed by atoms with van der Waals surface area (Å²) in [5.41, 5.74) is 2.28. The molecule has 1 amide bonds. The molecule has 0 atom stereocenters. The molecule has 0 saturated carbocycles. The first kappa shape index (κ1) is 15.7. The highest BCUT2D eigenvalue weighted by Gasteiger charge is 2.10. The zero-order chi connectivity index (χ0) is 15.9. The Morgan fingerprint density at radius 2 is 1.86 bits per heavy atom. The van der Waals surface area contributed by atoms with Crippen molar-refractivity contribution in [1.82, 2.24) is 5.32 Å². The summed E-state index contributed by atoms with van der Waals surface area (Å²) in [5, 5.41) is 2.67. The van der Waals surface area contributed by atoms with E-state index in [1.165, 1.54) is 12.1 Å². The van der Waals surface area contributed by atoms with Crippen LogP contribution in [0.3, 0.4) is 0 Å². The molecule has 0 spiro atoms. The summed E-state index contributed by atoms with van der Waals surface area (Å²) in [6.45, 7) is 1.96. The lowest BCUT2D eigenvalue weighted by molar-refractivity contribution is -0.124. The van der Waals surface area contributed by atoms with E-state index in [0.717, 1.165) is 23.3 Å². The molecule has 0 radical (unpaired) electrons. The van der Waals surface area contributed by atoms with Crippen LogP contribution in [0.4, 0.5) is 4.39 Å². The van der Waals surface area contributed by atoms with E-state index >= 15 is 0 Å². The number of rotatable bonds is 5. The smallest absolute Gasteiger partial charge is 0.338 e. The van der Waals surface area contributed by atoms with Gasteiger partial charge in [-0.1, -0.05) is 29.8 Å². The fourth-order valence-electron chi connectivity index (χ4n) is 1.87. The van der Waals surface area contributed by atoms with E-state index in [9.17, 15) is 14.0 Å². The molecule has 0 fully saturated rings. The molecule has 0 heterocycles. The fraction of sp³-hybridized carbons (Fsp3) is 0.176. The second kappa shape index (κ2) is 7.36. The number of carbonyl (C=O) groups is 2. The summed E-state index contributed by atoms with van der Waals surface area (Å²) in [6, 6.07) is 12.7. The van der Waals surface area contributed by atoms with Crippen LogP contribution in [0.2, 0.25) is 0 Å². The van der Waals surface area contributed by atoms with Crippen molar-refractivity contribution >= 4 is 11.9 Å². The van der Waals surface area contributed by atoms with E-state index in [1.807, 2.05) is 31.2 Å². The van der Waals surface area contributed by atoms with Crippen LogP contribution >= 0.6 is 0 Å². The molecule has 2 rings (SSSR count). The Bertz CT molecular complexity index is 668. The van der Waals surface area contributed by atoms with Crippen molar-refractivity contribution in [2.45, 2.75) is 13.5 Å². The van der Waals surface area contributed by atoms with E-state index in [2.05, 4.69) is 5.32 Å². The largest absolute Gasteiger partial charge is 0.452 e. The first-order valence-electron chi connectivity index (χ1n) is 6.79. The number of nitrogens with one attached hydrogen (secondary N) is 1. The van der Waals surface area contributed by atoms with Gasteiger partial charge in [0.1, 0.15) is 5.82 Å². The lowest BCUT2D eigenvalue weighted by Crippen LogP contribution is -2.28. The van der Waals surface area contributed by atoms with Gasteiger partial charge in [-0.05, 0) is 36.8 Å². The number of hydrogen-bond donors (Lipinski definition) is 1. The average Bonchev–Trinajstić information content (AvgIpc) is 2.51. The van der Waals surface area contributed by atoms with Crippen LogP contribution in [0.25, 0.3) is 0 Å². The zero-order valence-corrected chi connectivity index (χ0v) is 12.1. The lowest BCUT2D eigenvalue weighted by atomic mass is 10.1. The maximum atomic E-state index is 12.7.